The summed E-state index contributed by atoms with van der Waals surface area (Å²) in [5, 5.41) is 3.89. The molecule has 96 valence electrons. The third-order valence-electron chi connectivity index (χ3n) is 2.81. The van der Waals surface area contributed by atoms with Gasteiger partial charge in [0.1, 0.15) is 23.8 Å². The molecule has 1 aromatic heterocycles. The van der Waals surface area contributed by atoms with Crippen LogP contribution in [0.4, 0.5) is 0 Å². The lowest BCUT2D eigenvalue weighted by molar-refractivity contribution is 0.283. The van der Waals surface area contributed by atoms with Crippen LogP contribution in [0.2, 0.25) is 0 Å². The molecule has 2 aromatic rings. The van der Waals surface area contributed by atoms with Crippen LogP contribution in [0.5, 0.6) is 5.75 Å². The molecule has 0 radical (unpaired) electrons. The van der Waals surface area contributed by atoms with Gasteiger partial charge in [-0.1, -0.05) is 30.3 Å². The molecule has 0 saturated carbocycles. The van der Waals surface area contributed by atoms with Gasteiger partial charge in [-0.2, -0.15) is 0 Å². The van der Waals surface area contributed by atoms with E-state index in [2.05, 4.69) is 12.1 Å². The zero-order valence-electron chi connectivity index (χ0n) is 10.7. The lowest BCUT2D eigenvalue weighted by Crippen LogP contribution is -2.10. The molecule has 4 heteroatoms. The molecule has 0 fully saturated rings. The van der Waals surface area contributed by atoms with Gasteiger partial charge in [-0.25, -0.2) is 0 Å². The monoisotopic (exact) mass is 246 g/mol. The van der Waals surface area contributed by atoms with Gasteiger partial charge >= 0.3 is 0 Å². The van der Waals surface area contributed by atoms with Crippen molar-refractivity contribution in [3.05, 3.63) is 47.3 Å². The van der Waals surface area contributed by atoms with Crippen molar-refractivity contribution < 1.29 is 9.26 Å². The molecule has 1 heterocycles. The molecule has 0 aliphatic heterocycles. The van der Waals surface area contributed by atoms with Crippen molar-refractivity contribution in [1.82, 2.24) is 5.16 Å². The van der Waals surface area contributed by atoms with E-state index in [0.717, 1.165) is 29.2 Å². The van der Waals surface area contributed by atoms with Crippen molar-refractivity contribution in [3.8, 4) is 5.75 Å². The Hall–Kier alpha value is -1.81. The average Bonchev–Trinajstić information content (AvgIpc) is 2.81. The number of nitrogens with zero attached hydrogens (tertiary/aromatic N) is 1. The highest BCUT2D eigenvalue weighted by molar-refractivity contribution is 5.35. The van der Waals surface area contributed by atoms with Gasteiger partial charge < -0.3 is 15.0 Å². The van der Waals surface area contributed by atoms with Crippen LogP contribution in [-0.2, 0) is 6.61 Å². The van der Waals surface area contributed by atoms with Crippen LogP contribution in [0, 0.1) is 6.92 Å². The highest BCUT2D eigenvalue weighted by atomic mass is 16.5. The first-order valence-corrected chi connectivity index (χ1v) is 6.10. The Morgan fingerprint density at radius 1 is 1.39 bits per heavy atom. The fourth-order valence-corrected chi connectivity index (χ4v) is 1.78. The predicted octanol–water partition coefficient (Wildman–Crippen LogP) is 2.97. The highest BCUT2D eigenvalue weighted by Crippen LogP contribution is 2.26. The van der Waals surface area contributed by atoms with Gasteiger partial charge in [0.2, 0.25) is 0 Å². The van der Waals surface area contributed by atoms with Crippen molar-refractivity contribution >= 4 is 0 Å². The predicted molar refractivity (Wildman–Crippen MR) is 69.2 cm³/mol. The molecule has 0 bridgehead atoms. The van der Waals surface area contributed by atoms with E-state index in [9.17, 15) is 0 Å². The molecular weight excluding hydrogens is 228 g/mol. The minimum absolute atomic E-state index is 0.000227. The second-order valence-corrected chi connectivity index (χ2v) is 4.27. The largest absolute Gasteiger partial charge is 0.487 e. The number of rotatable bonds is 5. The lowest BCUT2D eigenvalue weighted by Gasteiger charge is -2.14. The quantitative estimate of drug-likeness (QED) is 0.881. The van der Waals surface area contributed by atoms with Crippen LogP contribution in [0.25, 0.3) is 0 Å². The van der Waals surface area contributed by atoms with E-state index in [1.807, 2.05) is 37.3 Å². The van der Waals surface area contributed by atoms with Gasteiger partial charge in [0.15, 0.2) is 0 Å². The summed E-state index contributed by atoms with van der Waals surface area (Å²) in [5.41, 5.74) is 7.87. The third kappa shape index (κ3) is 2.90. The summed E-state index contributed by atoms with van der Waals surface area (Å²) in [6.45, 7) is 4.31. The Morgan fingerprint density at radius 3 is 2.83 bits per heavy atom. The van der Waals surface area contributed by atoms with Crippen LogP contribution in [0.15, 0.2) is 34.9 Å². The molecule has 0 spiro atoms. The molecule has 0 aliphatic rings. The maximum atomic E-state index is 6.05. The topological polar surface area (TPSA) is 61.3 Å². The minimum atomic E-state index is 0.000227. The number of aryl methyl sites for hydroxylation is 1. The van der Waals surface area contributed by atoms with Crippen molar-refractivity contribution in [2.75, 3.05) is 0 Å². The Morgan fingerprint density at radius 2 is 2.17 bits per heavy atom. The zero-order valence-corrected chi connectivity index (χ0v) is 10.7. The summed E-state index contributed by atoms with van der Waals surface area (Å²) in [4.78, 5) is 0. The fourth-order valence-electron chi connectivity index (χ4n) is 1.78. The molecule has 18 heavy (non-hydrogen) atoms. The summed E-state index contributed by atoms with van der Waals surface area (Å²) >= 11 is 0. The number of ether oxygens (including phenoxy) is 1. The minimum Gasteiger partial charge on any atom is -0.487 e. The molecule has 1 atom stereocenters. The Kier molecular flexibility index (Phi) is 3.99. The number of para-hydroxylation sites is 1. The molecule has 0 amide bonds. The molecule has 0 saturated heterocycles. The summed E-state index contributed by atoms with van der Waals surface area (Å²) in [5.74, 6) is 1.60. The second kappa shape index (κ2) is 5.69. The van der Waals surface area contributed by atoms with Crippen molar-refractivity contribution in [3.63, 3.8) is 0 Å². The molecular formula is C14H18N2O2. The average molecular weight is 246 g/mol. The van der Waals surface area contributed by atoms with Gasteiger partial charge in [-0.3, -0.25) is 0 Å². The van der Waals surface area contributed by atoms with E-state index < -0.39 is 0 Å². The summed E-state index contributed by atoms with van der Waals surface area (Å²) in [7, 11) is 0. The first kappa shape index (κ1) is 12.6. The first-order valence-electron chi connectivity index (χ1n) is 6.10. The number of benzene rings is 1. The van der Waals surface area contributed by atoms with E-state index in [0.29, 0.717) is 6.61 Å². The van der Waals surface area contributed by atoms with Crippen LogP contribution in [-0.4, -0.2) is 5.16 Å². The maximum absolute atomic E-state index is 6.05. The van der Waals surface area contributed by atoms with Gasteiger partial charge in [-0.15, -0.1) is 0 Å². The SMILES string of the molecule is CCC(N)c1ccccc1OCc1cc(C)on1. The van der Waals surface area contributed by atoms with Gasteiger partial charge in [0, 0.05) is 17.7 Å². The maximum Gasteiger partial charge on any atom is 0.134 e. The molecule has 2 rings (SSSR count). The number of hydrogen-bond acceptors (Lipinski definition) is 4. The van der Waals surface area contributed by atoms with Crippen LogP contribution in [0.1, 0.15) is 36.4 Å². The van der Waals surface area contributed by atoms with Gasteiger partial charge in [0.25, 0.3) is 0 Å². The Bertz CT molecular complexity index is 508. The Labute approximate surface area is 107 Å². The number of aromatic nitrogens is 1. The summed E-state index contributed by atoms with van der Waals surface area (Å²) in [6, 6.07) is 9.70. The molecule has 0 aliphatic carbocycles. The van der Waals surface area contributed by atoms with E-state index in [-0.39, 0.29) is 6.04 Å². The zero-order chi connectivity index (χ0) is 13.0. The van der Waals surface area contributed by atoms with E-state index in [1.165, 1.54) is 0 Å². The van der Waals surface area contributed by atoms with E-state index in [1.54, 1.807) is 0 Å². The van der Waals surface area contributed by atoms with Crippen molar-refractivity contribution in [1.29, 1.82) is 0 Å². The van der Waals surface area contributed by atoms with Gasteiger partial charge in [0.05, 0.1) is 0 Å². The second-order valence-electron chi connectivity index (χ2n) is 4.27. The first-order chi connectivity index (χ1) is 8.70. The highest BCUT2D eigenvalue weighted by Gasteiger charge is 2.10. The Balaban J connectivity index is 2.09. The van der Waals surface area contributed by atoms with Crippen LogP contribution in [0.3, 0.4) is 0 Å². The normalized spacial score (nSPS) is 12.4. The van der Waals surface area contributed by atoms with E-state index >= 15 is 0 Å². The van der Waals surface area contributed by atoms with Crippen LogP contribution < -0.4 is 10.5 Å². The van der Waals surface area contributed by atoms with Crippen molar-refractivity contribution in [2.24, 2.45) is 5.73 Å². The summed E-state index contributed by atoms with van der Waals surface area (Å²) < 4.78 is 10.8. The molecule has 2 N–H and O–H groups in total. The van der Waals surface area contributed by atoms with Crippen LogP contribution >= 0.6 is 0 Å². The summed E-state index contributed by atoms with van der Waals surface area (Å²) in [6.07, 6.45) is 0.878. The number of nitrogens with two attached hydrogens (primary N) is 1. The molecule has 1 aromatic carbocycles. The fraction of sp³-hybridized carbons (Fsp3) is 0.357. The third-order valence-corrected chi connectivity index (χ3v) is 2.81. The number of hydrogen-bond donors (Lipinski definition) is 1. The van der Waals surface area contributed by atoms with Gasteiger partial charge in [-0.05, 0) is 19.4 Å². The lowest BCUT2D eigenvalue weighted by atomic mass is 10.0. The standard InChI is InChI=1S/C14H18N2O2/c1-3-13(15)12-6-4-5-7-14(12)17-9-11-8-10(2)18-16-11/h4-8,13H,3,9,15H2,1-2H3. The smallest absolute Gasteiger partial charge is 0.134 e. The molecule has 1 unspecified atom stereocenters. The van der Waals surface area contributed by atoms with Crippen molar-refractivity contribution in [2.45, 2.75) is 32.9 Å². The molecule has 4 nitrogen and oxygen atoms in total. The van der Waals surface area contributed by atoms with E-state index in [4.69, 9.17) is 15.0 Å².